The fourth-order valence-electron chi connectivity index (χ4n) is 2.06. The number of nitro groups is 1. The third-order valence-electron chi connectivity index (χ3n) is 3.08. The number of nitrogens with one attached hydrogen (secondary N) is 2. The van der Waals surface area contributed by atoms with Crippen molar-refractivity contribution in [3.05, 3.63) is 58.6 Å². The number of rotatable bonds is 5. The van der Waals surface area contributed by atoms with Gasteiger partial charge in [0.1, 0.15) is 5.69 Å². The molecule has 2 N–H and O–H groups in total. The van der Waals surface area contributed by atoms with Gasteiger partial charge in [0.2, 0.25) is 5.91 Å². The molecule has 0 radical (unpaired) electrons. The normalized spacial score (nSPS) is 10.6. The molecule has 0 saturated carbocycles. The molecule has 8 heteroatoms. The number of nitrogens with zero attached hydrogens (tertiary/aromatic N) is 2. The topological polar surface area (TPSA) is 101 Å². The first kappa shape index (κ1) is 15.0. The van der Waals surface area contributed by atoms with Gasteiger partial charge in [-0.1, -0.05) is 36.0 Å². The Hall–Kier alpha value is -2.87. The highest BCUT2D eigenvalue weighted by Crippen LogP contribution is 2.24. The van der Waals surface area contributed by atoms with E-state index >= 15 is 0 Å². The molecule has 0 saturated heterocycles. The van der Waals surface area contributed by atoms with Crippen LogP contribution >= 0.6 is 11.8 Å². The lowest BCUT2D eigenvalue weighted by Crippen LogP contribution is -2.15. The molecule has 2 aromatic carbocycles. The van der Waals surface area contributed by atoms with Crippen molar-refractivity contribution in [3.8, 4) is 0 Å². The molecule has 7 nitrogen and oxygen atoms in total. The first-order valence-electron chi connectivity index (χ1n) is 6.74. The molecule has 3 rings (SSSR count). The fraction of sp³-hybridized carbons (Fsp3) is 0.0667. The van der Waals surface area contributed by atoms with Crippen molar-refractivity contribution in [1.29, 1.82) is 0 Å². The summed E-state index contributed by atoms with van der Waals surface area (Å²) in [6.45, 7) is 0. The molecule has 116 valence electrons. The maximum absolute atomic E-state index is 12.0. The lowest BCUT2D eigenvalue weighted by molar-refractivity contribution is -0.383. The number of hydrogen-bond acceptors (Lipinski definition) is 5. The number of nitro benzene ring substituents is 1. The smallest absolute Gasteiger partial charge is 0.292 e. The molecule has 0 atom stereocenters. The van der Waals surface area contributed by atoms with Crippen LogP contribution in [0.5, 0.6) is 0 Å². The zero-order chi connectivity index (χ0) is 16.2. The standard InChI is InChI=1S/C15H12N4O3S/c20-14(16-12-7-3-4-8-13(12)19(21)22)9-23-15-17-10-5-1-2-6-11(10)18-15/h1-8H,9H2,(H,16,20)(H,17,18). The summed E-state index contributed by atoms with van der Waals surface area (Å²) in [6, 6.07) is 13.6. The minimum atomic E-state index is -0.526. The van der Waals surface area contributed by atoms with Crippen LogP contribution in [-0.2, 0) is 4.79 Å². The summed E-state index contributed by atoms with van der Waals surface area (Å²) in [5.41, 5.74) is 1.78. The molecule has 1 heterocycles. The average molecular weight is 328 g/mol. The number of fused-ring (bicyclic) bond motifs is 1. The van der Waals surface area contributed by atoms with Gasteiger partial charge in [-0.2, -0.15) is 0 Å². The lowest BCUT2D eigenvalue weighted by Gasteiger charge is -2.04. The third-order valence-corrected chi connectivity index (χ3v) is 3.96. The van der Waals surface area contributed by atoms with Crippen molar-refractivity contribution >= 4 is 40.1 Å². The number of imidazole rings is 1. The minimum absolute atomic E-state index is 0.103. The Morgan fingerprint density at radius 2 is 1.96 bits per heavy atom. The van der Waals surface area contributed by atoms with Gasteiger partial charge in [-0.25, -0.2) is 4.98 Å². The van der Waals surface area contributed by atoms with Crippen molar-refractivity contribution < 1.29 is 9.72 Å². The maximum Gasteiger partial charge on any atom is 0.292 e. The second-order valence-corrected chi connectivity index (χ2v) is 5.63. The number of hydrogen-bond donors (Lipinski definition) is 2. The SMILES string of the molecule is O=C(CSc1nc2ccccc2[nH]1)Nc1ccccc1[N+](=O)[O-]. The number of carbonyl (C=O) groups is 1. The Morgan fingerprint density at radius 1 is 1.22 bits per heavy atom. The summed E-state index contributed by atoms with van der Waals surface area (Å²) in [5, 5.41) is 14.1. The van der Waals surface area contributed by atoms with E-state index in [1.165, 1.54) is 23.9 Å². The summed E-state index contributed by atoms with van der Waals surface area (Å²) in [4.78, 5) is 29.8. The molecule has 0 aliphatic carbocycles. The van der Waals surface area contributed by atoms with E-state index in [4.69, 9.17) is 0 Å². The molecule has 0 aliphatic rings. The molecular weight excluding hydrogens is 316 g/mol. The van der Waals surface area contributed by atoms with Crippen molar-refractivity contribution in [2.24, 2.45) is 0 Å². The number of anilines is 1. The van der Waals surface area contributed by atoms with Gasteiger partial charge < -0.3 is 10.3 Å². The highest BCUT2D eigenvalue weighted by Gasteiger charge is 2.15. The second kappa shape index (κ2) is 6.49. The Kier molecular flexibility index (Phi) is 4.24. The number of para-hydroxylation sites is 4. The predicted molar refractivity (Wildman–Crippen MR) is 88.5 cm³/mol. The molecule has 3 aromatic rings. The number of aromatic nitrogens is 2. The number of thioether (sulfide) groups is 1. The van der Waals surface area contributed by atoms with E-state index in [2.05, 4.69) is 15.3 Å². The molecule has 1 aromatic heterocycles. The fourth-order valence-corrected chi connectivity index (χ4v) is 2.74. The van der Waals surface area contributed by atoms with Crippen LogP contribution in [0.4, 0.5) is 11.4 Å². The Balaban J connectivity index is 1.65. The Morgan fingerprint density at radius 3 is 2.74 bits per heavy atom. The van der Waals surface area contributed by atoms with Crippen molar-refractivity contribution in [2.45, 2.75) is 5.16 Å². The average Bonchev–Trinajstić information content (AvgIpc) is 2.96. The number of H-pyrrole nitrogens is 1. The van der Waals surface area contributed by atoms with Crippen LogP contribution < -0.4 is 5.32 Å². The van der Waals surface area contributed by atoms with Gasteiger partial charge >= 0.3 is 0 Å². The molecule has 0 spiro atoms. The zero-order valence-corrected chi connectivity index (χ0v) is 12.7. The van der Waals surface area contributed by atoms with E-state index in [-0.39, 0.29) is 23.0 Å². The number of aromatic amines is 1. The lowest BCUT2D eigenvalue weighted by atomic mass is 10.2. The molecule has 0 fully saturated rings. The molecule has 23 heavy (non-hydrogen) atoms. The van der Waals surface area contributed by atoms with Crippen LogP contribution in [0.15, 0.2) is 53.7 Å². The first-order valence-corrected chi connectivity index (χ1v) is 7.73. The molecule has 0 bridgehead atoms. The monoisotopic (exact) mass is 328 g/mol. The van der Waals surface area contributed by atoms with Crippen LogP contribution in [0.2, 0.25) is 0 Å². The number of amides is 1. The van der Waals surface area contributed by atoms with Gasteiger partial charge in [0.25, 0.3) is 5.69 Å². The molecule has 1 amide bonds. The summed E-state index contributed by atoms with van der Waals surface area (Å²) in [5.74, 6) is -0.226. The molecular formula is C15H12N4O3S. The van der Waals surface area contributed by atoms with Gasteiger partial charge in [-0.3, -0.25) is 14.9 Å². The van der Waals surface area contributed by atoms with Gasteiger partial charge in [0, 0.05) is 6.07 Å². The Bertz CT molecular complexity index is 845. The third kappa shape index (κ3) is 3.49. The summed E-state index contributed by atoms with van der Waals surface area (Å²) in [7, 11) is 0. The highest BCUT2D eigenvalue weighted by atomic mass is 32.2. The van der Waals surface area contributed by atoms with Crippen LogP contribution in [0, 0.1) is 10.1 Å². The number of benzene rings is 2. The maximum atomic E-state index is 12.0. The van der Waals surface area contributed by atoms with Gasteiger partial charge in [-0.15, -0.1) is 0 Å². The summed E-state index contributed by atoms with van der Waals surface area (Å²) in [6.07, 6.45) is 0. The predicted octanol–water partition coefficient (Wildman–Crippen LogP) is 3.20. The van der Waals surface area contributed by atoms with Crippen LogP contribution in [0.1, 0.15) is 0 Å². The van der Waals surface area contributed by atoms with Gasteiger partial charge in [-0.05, 0) is 18.2 Å². The van der Waals surface area contributed by atoms with Crippen LogP contribution in [0.3, 0.4) is 0 Å². The van der Waals surface area contributed by atoms with E-state index in [1.807, 2.05) is 24.3 Å². The van der Waals surface area contributed by atoms with E-state index < -0.39 is 4.92 Å². The Labute approximate surface area is 135 Å². The highest BCUT2D eigenvalue weighted by molar-refractivity contribution is 7.99. The van der Waals surface area contributed by atoms with E-state index in [0.717, 1.165) is 11.0 Å². The zero-order valence-electron chi connectivity index (χ0n) is 11.9. The first-order chi connectivity index (χ1) is 11.1. The molecule has 0 unspecified atom stereocenters. The van der Waals surface area contributed by atoms with Crippen molar-refractivity contribution in [2.75, 3.05) is 11.1 Å². The van der Waals surface area contributed by atoms with Gasteiger partial charge in [0.05, 0.1) is 21.7 Å². The van der Waals surface area contributed by atoms with E-state index in [0.29, 0.717) is 5.16 Å². The van der Waals surface area contributed by atoms with Crippen LogP contribution in [0.25, 0.3) is 11.0 Å². The second-order valence-electron chi connectivity index (χ2n) is 4.67. The van der Waals surface area contributed by atoms with E-state index in [1.54, 1.807) is 12.1 Å². The van der Waals surface area contributed by atoms with Crippen LogP contribution in [-0.4, -0.2) is 26.6 Å². The number of carbonyl (C=O) groups excluding carboxylic acids is 1. The summed E-state index contributed by atoms with van der Waals surface area (Å²) >= 11 is 1.24. The van der Waals surface area contributed by atoms with Crippen molar-refractivity contribution in [1.82, 2.24) is 9.97 Å². The van der Waals surface area contributed by atoms with Gasteiger partial charge in [0.15, 0.2) is 5.16 Å². The molecule has 0 aliphatic heterocycles. The largest absolute Gasteiger partial charge is 0.333 e. The quantitative estimate of drug-likeness (QED) is 0.425. The minimum Gasteiger partial charge on any atom is -0.333 e. The van der Waals surface area contributed by atoms with Crippen molar-refractivity contribution in [3.63, 3.8) is 0 Å². The van der Waals surface area contributed by atoms with E-state index in [9.17, 15) is 14.9 Å². The summed E-state index contributed by atoms with van der Waals surface area (Å²) < 4.78 is 0.